The molecule has 0 aromatic rings. The van der Waals surface area contributed by atoms with Crippen LogP contribution in [0.5, 0.6) is 0 Å². The summed E-state index contributed by atoms with van der Waals surface area (Å²) in [6.45, 7) is 8.92. The zero-order chi connectivity index (χ0) is 14.6. The minimum atomic E-state index is 0.466. The highest BCUT2D eigenvalue weighted by Gasteiger charge is 2.30. The Kier molecular flexibility index (Phi) is 10.4. The molecular formula is C18H37NO. The van der Waals surface area contributed by atoms with Gasteiger partial charge in [-0.1, -0.05) is 52.9 Å². The number of unbranched alkanes of at least 4 members (excludes halogenated alkanes) is 3. The van der Waals surface area contributed by atoms with Crippen molar-refractivity contribution in [2.45, 2.75) is 97.1 Å². The van der Waals surface area contributed by atoms with Gasteiger partial charge >= 0.3 is 0 Å². The summed E-state index contributed by atoms with van der Waals surface area (Å²) < 4.78 is 6.25. The third-order valence-electron chi connectivity index (χ3n) is 4.58. The number of nitrogens with one attached hydrogen (secondary N) is 1. The van der Waals surface area contributed by atoms with Crippen molar-refractivity contribution in [3.05, 3.63) is 0 Å². The second kappa shape index (κ2) is 11.6. The van der Waals surface area contributed by atoms with Gasteiger partial charge in [0.15, 0.2) is 0 Å². The van der Waals surface area contributed by atoms with Gasteiger partial charge in [0, 0.05) is 12.6 Å². The van der Waals surface area contributed by atoms with E-state index in [-0.39, 0.29) is 0 Å². The van der Waals surface area contributed by atoms with Gasteiger partial charge in [-0.3, -0.25) is 0 Å². The van der Waals surface area contributed by atoms with Crippen LogP contribution in [0.4, 0.5) is 0 Å². The Morgan fingerprint density at radius 1 is 0.950 bits per heavy atom. The lowest BCUT2D eigenvalue weighted by Crippen LogP contribution is -2.46. The van der Waals surface area contributed by atoms with Crippen LogP contribution in [0.15, 0.2) is 0 Å². The Hall–Kier alpha value is -0.0800. The molecular weight excluding hydrogens is 246 g/mol. The molecule has 0 bridgehead atoms. The normalized spacial score (nSPS) is 26.9. The van der Waals surface area contributed by atoms with Gasteiger partial charge in [-0.05, 0) is 44.6 Å². The predicted octanol–water partition coefficient (Wildman–Crippen LogP) is 4.92. The van der Waals surface area contributed by atoms with Gasteiger partial charge in [0.05, 0.1) is 6.10 Å². The third kappa shape index (κ3) is 7.08. The van der Waals surface area contributed by atoms with E-state index >= 15 is 0 Å². The molecule has 3 unspecified atom stereocenters. The monoisotopic (exact) mass is 283 g/mol. The molecule has 2 nitrogen and oxygen atoms in total. The first kappa shape index (κ1) is 18.0. The van der Waals surface area contributed by atoms with Crippen molar-refractivity contribution >= 4 is 0 Å². The molecule has 1 N–H and O–H groups in total. The molecule has 2 heteroatoms. The minimum absolute atomic E-state index is 0.466. The molecule has 0 heterocycles. The highest BCUT2D eigenvalue weighted by molar-refractivity contribution is 4.85. The highest BCUT2D eigenvalue weighted by atomic mass is 16.5. The van der Waals surface area contributed by atoms with Gasteiger partial charge in [0.1, 0.15) is 0 Å². The Morgan fingerprint density at radius 3 is 2.50 bits per heavy atom. The zero-order valence-corrected chi connectivity index (χ0v) is 14.1. The Balaban J connectivity index is 2.32. The SMILES string of the molecule is CCCCCCOC1CC(CCC)CCC1NCCC. The standard InChI is InChI=1S/C18H37NO/c1-4-7-8-9-14-20-18-15-16(10-5-2)11-12-17(18)19-13-6-3/h16-19H,4-15H2,1-3H3. The molecule has 0 spiro atoms. The first-order valence-corrected chi connectivity index (χ1v) is 9.16. The summed E-state index contributed by atoms with van der Waals surface area (Å²) in [6, 6.07) is 0.606. The lowest BCUT2D eigenvalue weighted by molar-refractivity contribution is -0.0126. The third-order valence-corrected chi connectivity index (χ3v) is 4.58. The quantitative estimate of drug-likeness (QED) is 0.543. The summed E-state index contributed by atoms with van der Waals surface area (Å²) in [7, 11) is 0. The van der Waals surface area contributed by atoms with Crippen LogP contribution in [0.1, 0.15) is 85.0 Å². The van der Waals surface area contributed by atoms with Crippen molar-refractivity contribution in [3.8, 4) is 0 Å². The maximum absolute atomic E-state index is 6.25. The number of ether oxygens (including phenoxy) is 1. The summed E-state index contributed by atoms with van der Waals surface area (Å²) in [5.41, 5.74) is 0. The molecule has 120 valence electrons. The van der Waals surface area contributed by atoms with Crippen LogP contribution in [0.2, 0.25) is 0 Å². The van der Waals surface area contributed by atoms with E-state index < -0.39 is 0 Å². The van der Waals surface area contributed by atoms with Crippen molar-refractivity contribution < 1.29 is 4.74 Å². The lowest BCUT2D eigenvalue weighted by atomic mass is 9.81. The summed E-state index contributed by atoms with van der Waals surface area (Å²) in [6.07, 6.45) is 13.6. The van der Waals surface area contributed by atoms with E-state index in [2.05, 4.69) is 26.1 Å². The van der Waals surface area contributed by atoms with Crippen LogP contribution in [0, 0.1) is 5.92 Å². The molecule has 1 aliphatic rings. The zero-order valence-electron chi connectivity index (χ0n) is 14.1. The fraction of sp³-hybridized carbons (Fsp3) is 1.00. The van der Waals surface area contributed by atoms with Crippen LogP contribution >= 0.6 is 0 Å². The molecule has 0 aromatic heterocycles. The first-order valence-electron chi connectivity index (χ1n) is 9.16. The van der Waals surface area contributed by atoms with Crippen molar-refractivity contribution in [2.24, 2.45) is 5.92 Å². The predicted molar refractivity (Wildman–Crippen MR) is 88.2 cm³/mol. The maximum atomic E-state index is 6.25. The number of hydrogen-bond acceptors (Lipinski definition) is 2. The van der Waals surface area contributed by atoms with E-state index in [1.54, 1.807) is 0 Å². The van der Waals surface area contributed by atoms with Gasteiger partial charge in [-0.25, -0.2) is 0 Å². The second-order valence-corrected chi connectivity index (χ2v) is 6.50. The van der Waals surface area contributed by atoms with Gasteiger partial charge in [-0.2, -0.15) is 0 Å². The Bertz CT molecular complexity index is 219. The van der Waals surface area contributed by atoms with Crippen molar-refractivity contribution in [2.75, 3.05) is 13.2 Å². The van der Waals surface area contributed by atoms with Gasteiger partial charge in [-0.15, -0.1) is 0 Å². The number of rotatable bonds is 11. The summed E-state index contributed by atoms with van der Waals surface area (Å²) in [5, 5.41) is 3.71. The smallest absolute Gasteiger partial charge is 0.0730 e. The van der Waals surface area contributed by atoms with E-state index in [0.717, 1.165) is 19.1 Å². The van der Waals surface area contributed by atoms with Crippen molar-refractivity contribution in [1.82, 2.24) is 5.32 Å². The fourth-order valence-corrected chi connectivity index (χ4v) is 3.39. The van der Waals surface area contributed by atoms with E-state index in [1.165, 1.54) is 64.2 Å². The molecule has 0 saturated heterocycles. The van der Waals surface area contributed by atoms with Crippen LogP contribution in [-0.2, 0) is 4.74 Å². The highest BCUT2D eigenvalue weighted by Crippen LogP contribution is 2.30. The molecule has 20 heavy (non-hydrogen) atoms. The molecule has 1 fully saturated rings. The average Bonchev–Trinajstić information content (AvgIpc) is 2.46. The van der Waals surface area contributed by atoms with Crippen molar-refractivity contribution in [3.63, 3.8) is 0 Å². The summed E-state index contributed by atoms with van der Waals surface area (Å²) in [5.74, 6) is 0.903. The Labute approximate surface area is 127 Å². The van der Waals surface area contributed by atoms with Crippen molar-refractivity contribution in [1.29, 1.82) is 0 Å². The Morgan fingerprint density at radius 2 is 1.80 bits per heavy atom. The average molecular weight is 284 g/mol. The summed E-state index contributed by atoms with van der Waals surface area (Å²) >= 11 is 0. The lowest BCUT2D eigenvalue weighted by Gasteiger charge is -2.36. The molecule has 0 amide bonds. The maximum Gasteiger partial charge on any atom is 0.0730 e. The van der Waals surface area contributed by atoms with Gasteiger partial charge in [0.2, 0.25) is 0 Å². The topological polar surface area (TPSA) is 21.3 Å². The van der Waals surface area contributed by atoms with Gasteiger partial charge < -0.3 is 10.1 Å². The van der Waals surface area contributed by atoms with Crippen LogP contribution < -0.4 is 5.32 Å². The molecule has 3 atom stereocenters. The van der Waals surface area contributed by atoms with E-state index in [1.807, 2.05) is 0 Å². The van der Waals surface area contributed by atoms with Crippen LogP contribution in [-0.4, -0.2) is 25.3 Å². The molecule has 0 radical (unpaired) electrons. The second-order valence-electron chi connectivity index (χ2n) is 6.50. The molecule has 0 aromatic carbocycles. The fourth-order valence-electron chi connectivity index (χ4n) is 3.39. The van der Waals surface area contributed by atoms with E-state index in [0.29, 0.717) is 12.1 Å². The van der Waals surface area contributed by atoms with E-state index in [4.69, 9.17) is 4.74 Å². The molecule has 1 rings (SSSR count). The van der Waals surface area contributed by atoms with Crippen LogP contribution in [0.3, 0.4) is 0 Å². The minimum Gasteiger partial charge on any atom is -0.377 e. The molecule has 0 aliphatic heterocycles. The summed E-state index contributed by atoms with van der Waals surface area (Å²) in [4.78, 5) is 0. The van der Waals surface area contributed by atoms with Gasteiger partial charge in [0.25, 0.3) is 0 Å². The van der Waals surface area contributed by atoms with Crippen LogP contribution in [0.25, 0.3) is 0 Å². The number of hydrogen-bond donors (Lipinski definition) is 1. The first-order chi connectivity index (χ1) is 9.81. The molecule has 1 aliphatic carbocycles. The largest absolute Gasteiger partial charge is 0.377 e. The molecule has 1 saturated carbocycles. The van der Waals surface area contributed by atoms with E-state index in [9.17, 15) is 0 Å².